The lowest BCUT2D eigenvalue weighted by Crippen LogP contribution is -2.19. The van der Waals surface area contributed by atoms with Gasteiger partial charge in [0, 0.05) is 21.9 Å². The molecule has 0 aliphatic heterocycles. The number of benzene rings is 2. The van der Waals surface area contributed by atoms with E-state index in [-0.39, 0.29) is 11.5 Å². The van der Waals surface area contributed by atoms with Gasteiger partial charge in [-0.1, -0.05) is 18.2 Å². The summed E-state index contributed by atoms with van der Waals surface area (Å²) in [5, 5.41) is 2.66. The normalized spacial score (nSPS) is 11.2. The Balaban J connectivity index is 1.58. The maximum absolute atomic E-state index is 12.5. The zero-order chi connectivity index (χ0) is 20.0. The Morgan fingerprint density at radius 2 is 1.75 bits per heavy atom. The molecule has 0 aliphatic carbocycles. The predicted octanol–water partition coefficient (Wildman–Crippen LogP) is 5.77. The van der Waals surface area contributed by atoms with Gasteiger partial charge in [-0.2, -0.15) is 13.2 Å². The van der Waals surface area contributed by atoms with Crippen LogP contribution in [0.5, 0.6) is 5.75 Å². The lowest BCUT2D eigenvalue weighted by atomic mass is 10.2. The average molecular weight is 407 g/mol. The van der Waals surface area contributed by atoms with Crippen LogP contribution in [0.15, 0.2) is 76.2 Å². The van der Waals surface area contributed by atoms with Crippen molar-refractivity contribution in [2.45, 2.75) is 16.8 Å². The minimum absolute atomic E-state index is 0.0632. The maximum Gasteiger partial charge on any atom is 0.422 e. The second kappa shape index (κ2) is 8.88. The summed E-state index contributed by atoms with van der Waals surface area (Å²) in [4.78, 5) is 13.5. The van der Waals surface area contributed by atoms with Crippen LogP contribution in [0.4, 0.5) is 18.9 Å². The van der Waals surface area contributed by atoms with Crippen LogP contribution in [0, 0.1) is 0 Å². The molecule has 1 N–H and O–H groups in total. The highest BCUT2D eigenvalue weighted by Crippen LogP contribution is 2.26. The predicted molar refractivity (Wildman–Crippen MR) is 101 cm³/mol. The fourth-order valence-electron chi connectivity index (χ4n) is 2.31. The molecule has 3 rings (SSSR count). The van der Waals surface area contributed by atoms with Crippen LogP contribution < -0.4 is 10.1 Å². The summed E-state index contributed by atoms with van der Waals surface area (Å²) in [7, 11) is 0. The molecule has 0 radical (unpaired) electrons. The van der Waals surface area contributed by atoms with E-state index in [0.29, 0.717) is 11.4 Å². The molecule has 0 bridgehead atoms. The zero-order valence-corrected chi connectivity index (χ0v) is 15.3. The van der Waals surface area contributed by atoms with Gasteiger partial charge in [0.05, 0.1) is 6.26 Å². The van der Waals surface area contributed by atoms with E-state index in [1.165, 1.54) is 30.5 Å². The molecule has 0 fully saturated rings. The van der Waals surface area contributed by atoms with E-state index in [1.807, 2.05) is 30.3 Å². The fourth-order valence-corrected chi connectivity index (χ4v) is 3.21. The molecule has 0 unspecified atom stereocenters. The standard InChI is InChI=1S/C20H16F3NO3S/c21-20(22,23)13-27-16-8-6-15(7-9-16)24-19(25)18-14(10-11-26-18)12-28-17-4-2-1-3-5-17/h1-11H,12-13H2,(H,24,25). The monoisotopic (exact) mass is 407 g/mol. The van der Waals surface area contributed by atoms with Gasteiger partial charge in [-0.3, -0.25) is 4.79 Å². The van der Waals surface area contributed by atoms with Crippen LogP contribution in [-0.4, -0.2) is 18.7 Å². The molecular weight excluding hydrogens is 391 g/mol. The summed E-state index contributed by atoms with van der Waals surface area (Å²) in [6.45, 7) is -1.37. The van der Waals surface area contributed by atoms with E-state index in [1.54, 1.807) is 17.8 Å². The highest BCUT2D eigenvalue weighted by atomic mass is 32.2. The van der Waals surface area contributed by atoms with Crippen LogP contribution in [0.2, 0.25) is 0 Å². The van der Waals surface area contributed by atoms with Gasteiger partial charge in [0.1, 0.15) is 5.75 Å². The number of alkyl halides is 3. The van der Waals surface area contributed by atoms with E-state index >= 15 is 0 Å². The van der Waals surface area contributed by atoms with Gasteiger partial charge in [0.25, 0.3) is 5.91 Å². The minimum atomic E-state index is -4.40. The number of thioether (sulfide) groups is 1. The Labute approximate surface area is 163 Å². The van der Waals surface area contributed by atoms with Gasteiger partial charge in [0.15, 0.2) is 12.4 Å². The Morgan fingerprint density at radius 1 is 1.04 bits per heavy atom. The number of furan rings is 1. The second-order valence-corrected chi connectivity index (χ2v) is 6.81. The first kappa shape index (κ1) is 19.9. The maximum atomic E-state index is 12.5. The summed E-state index contributed by atoms with van der Waals surface area (Å²) < 4.78 is 46.4. The lowest BCUT2D eigenvalue weighted by molar-refractivity contribution is -0.153. The Morgan fingerprint density at radius 3 is 2.43 bits per heavy atom. The van der Waals surface area contributed by atoms with Crippen molar-refractivity contribution in [3.05, 3.63) is 78.3 Å². The van der Waals surface area contributed by atoms with E-state index in [0.717, 1.165) is 10.5 Å². The quantitative estimate of drug-likeness (QED) is 0.506. The summed E-state index contributed by atoms with van der Waals surface area (Å²) in [6.07, 6.45) is -2.95. The van der Waals surface area contributed by atoms with E-state index in [4.69, 9.17) is 4.42 Å². The zero-order valence-electron chi connectivity index (χ0n) is 14.5. The SMILES string of the molecule is O=C(Nc1ccc(OCC(F)(F)F)cc1)c1occc1CSc1ccccc1. The van der Waals surface area contributed by atoms with E-state index < -0.39 is 18.7 Å². The van der Waals surface area contributed by atoms with Gasteiger partial charge in [-0.25, -0.2) is 0 Å². The minimum Gasteiger partial charge on any atom is -0.484 e. The van der Waals surface area contributed by atoms with Crippen LogP contribution in [-0.2, 0) is 5.75 Å². The first-order valence-electron chi connectivity index (χ1n) is 8.26. The number of hydrogen-bond donors (Lipinski definition) is 1. The molecule has 146 valence electrons. The summed E-state index contributed by atoms with van der Waals surface area (Å²) in [5.74, 6) is 0.389. The average Bonchev–Trinajstić information content (AvgIpc) is 3.15. The van der Waals surface area contributed by atoms with Gasteiger partial charge >= 0.3 is 6.18 Å². The largest absolute Gasteiger partial charge is 0.484 e. The molecule has 8 heteroatoms. The molecule has 1 aromatic heterocycles. The number of carbonyl (C=O) groups excluding carboxylic acids is 1. The van der Waals surface area contributed by atoms with Crippen molar-refractivity contribution >= 4 is 23.4 Å². The summed E-state index contributed by atoms with van der Waals surface area (Å²) in [5.41, 5.74) is 1.17. The molecule has 0 atom stereocenters. The summed E-state index contributed by atoms with van der Waals surface area (Å²) in [6, 6.07) is 17.1. The Bertz CT molecular complexity index is 908. The first-order valence-corrected chi connectivity index (χ1v) is 9.24. The van der Waals surface area contributed by atoms with Crippen LogP contribution in [0.25, 0.3) is 0 Å². The van der Waals surface area contributed by atoms with Gasteiger partial charge in [0.2, 0.25) is 0 Å². The molecule has 28 heavy (non-hydrogen) atoms. The molecule has 3 aromatic rings. The van der Waals surface area contributed by atoms with E-state index in [9.17, 15) is 18.0 Å². The lowest BCUT2D eigenvalue weighted by Gasteiger charge is -2.10. The third-order valence-corrected chi connectivity index (χ3v) is 4.67. The summed E-state index contributed by atoms with van der Waals surface area (Å²) >= 11 is 1.58. The number of carbonyl (C=O) groups is 1. The Hall–Kier alpha value is -2.87. The third kappa shape index (κ3) is 5.82. The molecule has 0 aliphatic rings. The number of halogens is 3. The van der Waals surface area contributed by atoms with Crippen molar-refractivity contribution in [3.63, 3.8) is 0 Å². The first-order chi connectivity index (χ1) is 13.4. The molecule has 1 heterocycles. The van der Waals surface area contributed by atoms with Crippen molar-refractivity contribution < 1.29 is 27.1 Å². The molecule has 4 nitrogen and oxygen atoms in total. The van der Waals surface area contributed by atoms with Crippen molar-refractivity contribution in [3.8, 4) is 5.75 Å². The number of anilines is 1. The highest BCUT2D eigenvalue weighted by Gasteiger charge is 2.28. The number of rotatable bonds is 7. The number of hydrogen-bond acceptors (Lipinski definition) is 4. The second-order valence-electron chi connectivity index (χ2n) is 5.76. The van der Waals surface area contributed by atoms with Crippen LogP contribution in [0.1, 0.15) is 16.1 Å². The fraction of sp³-hybridized carbons (Fsp3) is 0.150. The number of amides is 1. The van der Waals surface area contributed by atoms with Crippen molar-refractivity contribution in [2.24, 2.45) is 0 Å². The molecule has 0 saturated heterocycles. The topological polar surface area (TPSA) is 51.5 Å². The number of ether oxygens (including phenoxy) is 1. The smallest absolute Gasteiger partial charge is 0.422 e. The molecular formula is C20H16F3NO3S. The van der Waals surface area contributed by atoms with Crippen LogP contribution in [0.3, 0.4) is 0 Å². The van der Waals surface area contributed by atoms with Crippen molar-refractivity contribution in [2.75, 3.05) is 11.9 Å². The molecule has 1 amide bonds. The van der Waals surface area contributed by atoms with Gasteiger partial charge in [-0.05, 0) is 42.5 Å². The van der Waals surface area contributed by atoms with E-state index in [2.05, 4.69) is 10.1 Å². The third-order valence-electron chi connectivity index (χ3n) is 3.61. The molecule has 0 spiro atoms. The molecule has 2 aromatic carbocycles. The molecule has 0 saturated carbocycles. The van der Waals surface area contributed by atoms with Crippen LogP contribution >= 0.6 is 11.8 Å². The van der Waals surface area contributed by atoms with Crippen molar-refractivity contribution in [1.29, 1.82) is 0 Å². The Kier molecular flexibility index (Phi) is 6.30. The van der Waals surface area contributed by atoms with Gasteiger partial charge in [-0.15, -0.1) is 11.8 Å². The van der Waals surface area contributed by atoms with Gasteiger partial charge < -0.3 is 14.5 Å². The highest BCUT2D eigenvalue weighted by molar-refractivity contribution is 7.98. The van der Waals surface area contributed by atoms with Crippen molar-refractivity contribution in [1.82, 2.24) is 0 Å². The number of nitrogens with one attached hydrogen (secondary N) is 1.